The van der Waals surface area contributed by atoms with Crippen molar-refractivity contribution in [2.75, 3.05) is 19.0 Å². The molecule has 3 aromatic rings. The Kier molecular flexibility index (Phi) is 4.71. The van der Waals surface area contributed by atoms with Crippen molar-refractivity contribution in [2.24, 2.45) is 0 Å². The Hall–Kier alpha value is -3.21. The molecule has 0 atom stereocenters. The second kappa shape index (κ2) is 6.96. The van der Waals surface area contributed by atoms with Crippen LogP contribution in [0.15, 0.2) is 54.1 Å². The van der Waals surface area contributed by atoms with Gasteiger partial charge < -0.3 is 10.0 Å². The van der Waals surface area contributed by atoms with E-state index in [9.17, 15) is 14.3 Å². The molecule has 0 amide bonds. The molecule has 0 aliphatic carbocycles. The molecule has 0 saturated carbocycles. The molecular weight excluding hydrogens is 331 g/mol. The molecule has 0 aliphatic rings. The van der Waals surface area contributed by atoms with Crippen LogP contribution in [0.5, 0.6) is 0 Å². The highest BCUT2D eigenvalue weighted by atomic mass is 19.1. The Morgan fingerprint density at radius 2 is 1.77 bits per heavy atom. The van der Waals surface area contributed by atoms with E-state index < -0.39 is 5.97 Å². The van der Waals surface area contributed by atoms with Gasteiger partial charge in [0.2, 0.25) is 0 Å². The van der Waals surface area contributed by atoms with Crippen LogP contribution in [-0.4, -0.2) is 30.2 Å². The molecular formula is C21H19FN2O2. The van der Waals surface area contributed by atoms with E-state index >= 15 is 0 Å². The summed E-state index contributed by atoms with van der Waals surface area (Å²) in [5, 5.41) is 10.2. The number of rotatable bonds is 4. The van der Waals surface area contributed by atoms with E-state index in [4.69, 9.17) is 4.98 Å². The summed E-state index contributed by atoms with van der Waals surface area (Å²) in [6.07, 6.45) is 1.62. The van der Waals surface area contributed by atoms with Crippen LogP contribution < -0.4 is 4.90 Å². The summed E-state index contributed by atoms with van der Waals surface area (Å²) in [6.45, 7) is 1.55. The van der Waals surface area contributed by atoms with Crippen molar-refractivity contribution < 1.29 is 14.3 Å². The average molecular weight is 350 g/mol. The second-order valence-electron chi connectivity index (χ2n) is 6.28. The zero-order valence-electron chi connectivity index (χ0n) is 14.8. The third kappa shape index (κ3) is 3.28. The smallest absolute Gasteiger partial charge is 0.331 e. The predicted molar refractivity (Wildman–Crippen MR) is 103 cm³/mol. The number of anilines is 1. The Labute approximate surface area is 151 Å². The number of aromatic nitrogens is 1. The van der Waals surface area contributed by atoms with Gasteiger partial charge in [-0.05, 0) is 36.8 Å². The van der Waals surface area contributed by atoms with Crippen molar-refractivity contribution in [1.29, 1.82) is 0 Å². The number of para-hydroxylation sites is 1. The van der Waals surface area contributed by atoms with E-state index in [-0.39, 0.29) is 11.4 Å². The number of hydrogen-bond donors (Lipinski definition) is 1. The number of fused-ring (bicyclic) bond motifs is 1. The molecule has 0 bridgehead atoms. The Morgan fingerprint density at radius 1 is 1.12 bits per heavy atom. The summed E-state index contributed by atoms with van der Waals surface area (Å²) >= 11 is 0. The largest absolute Gasteiger partial charge is 0.478 e. The summed E-state index contributed by atoms with van der Waals surface area (Å²) in [7, 11) is 3.72. The summed E-state index contributed by atoms with van der Waals surface area (Å²) in [5.41, 5.74) is 3.33. The van der Waals surface area contributed by atoms with Gasteiger partial charge in [0.15, 0.2) is 0 Å². The number of hydrogen-bond acceptors (Lipinski definition) is 3. The number of nitrogens with zero attached hydrogens (tertiary/aromatic N) is 2. The molecule has 1 heterocycles. The quantitative estimate of drug-likeness (QED) is 0.699. The van der Waals surface area contributed by atoms with Gasteiger partial charge in [-0.25, -0.2) is 14.2 Å². The lowest BCUT2D eigenvalue weighted by atomic mass is 9.94. The fourth-order valence-electron chi connectivity index (χ4n) is 2.90. The molecule has 3 rings (SSSR count). The number of halogens is 1. The first-order chi connectivity index (χ1) is 12.4. The molecule has 1 N–H and O–H groups in total. The maximum absolute atomic E-state index is 13.4. The van der Waals surface area contributed by atoms with Crippen LogP contribution in [0.3, 0.4) is 0 Å². The fraction of sp³-hybridized carbons (Fsp3) is 0.143. The fourth-order valence-corrected chi connectivity index (χ4v) is 2.90. The SMILES string of the molecule is CC(=Cc1c(N(C)C)nc2ccccc2c1-c1ccc(F)cc1)C(=O)O. The van der Waals surface area contributed by atoms with Gasteiger partial charge in [-0.15, -0.1) is 0 Å². The van der Waals surface area contributed by atoms with Crippen LogP contribution in [0.4, 0.5) is 10.2 Å². The van der Waals surface area contributed by atoms with E-state index in [0.29, 0.717) is 11.4 Å². The van der Waals surface area contributed by atoms with Crippen LogP contribution in [0, 0.1) is 5.82 Å². The molecule has 0 radical (unpaired) electrons. The molecule has 0 saturated heterocycles. The van der Waals surface area contributed by atoms with Crippen LogP contribution >= 0.6 is 0 Å². The molecule has 0 spiro atoms. The standard InChI is InChI=1S/C21H19FN2O2/c1-13(21(25)26)12-17-19(14-8-10-15(22)11-9-14)16-6-4-5-7-18(16)23-20(17)24(2)3/h4-12H,1-3H3,(H,25,26). The van der Waals surface area contributed by atoms with Crippen molar-refractivity contribution in [3.05, 3.63) is 65.5 Å². The van der Waals surface area contributed by atoms with Gasteiger partial charge in [0.25, 0.3) is 0 Å². The number of benzene rings is 2. The first kappa shape index (κ1) is 17.6. The Morgan fingerprint density at radius 3 is 2.38 bits per heavy atom. The monoisotopic (exact) mass is 350 g/mol. The number of carboxylic acids is 1. The normalized spacial score (nSPS) is 11.6. The zero-order chi connectivity index (χ0) is 18.8. The molecule has 1 aromatic heterocycles. The molecule has 2 aromatic carbocycles. The van der Waals surface area contributed by atoms with Crippen LogP contribution in [-0.2, 0) is 4.79 Å². The van der Waals surface area contributed by atoms with E-state index in [0.717, 1.165) is 22.0 Å². The maximum Gasteiger partial charge on any atom is 0.331 e. The predicted octanol–water partition coefficient (Wildman–Crippen LogP) is 4.59. The second-order valence-corrected chi connectivity index (χ2v) is 6.28. The molecule has 0 fully saturated rings. The maximum atomic E-state index is 13.4. The summed E-state index contributed by atoms with van der Waals surface area (Å²) < 4.78 is 13.4. The Bertz CT molecular complexity index is 1010. The molecule has 0 unspecified atom stereocenters. The summed E-state index contributed by atoms with van der Waals surface area (Å²) in [4.78, 5) is 17.9. The number of pyridine rings is 1. The minimum Gasteiger partial charge on any atom is -0.478 e. The van der Waals surface area contributed by atoms with Gasteiger partial charge in [0.1, 0.15) is 11.6 Å². The Balaban J connectivity index is 2.46. The highest BCUT2D eigenvalue weighted by molar-refractivity contribution is 6.04. The van der Waals surface area contributed by atoms with E-state index in [1.807, 2.05) is 43.3 Å². The first-order valence-corrected chi connectivity index (χ1v) is 8.16. The molecule has 0 aliphatic heterocycles. The minimum atomic E-state index is -0.993. The lowest BCUT2D eigenvalue weighted by Crippen LogP contribution is -2.13. The van der Waals surface area contributed by atoms with Gasteiger partial charge in [-0.3, -0.25) is 0 Å². The van der Waals surface area contributed by atoms with E-state index in [1.165, 1.54) is 12.1 Å². The highest BCUT2D eigenvalue weighted by Gasteiger charge is 2.17. The van der Waals surface area contributed by atoms with Crippen molar-refractivity contribution in [2.45, 2.75) is 6.92 Å². The van der Waals surface area contributed by atoms with Gasteiger partial charge in [0, 0.05) is 36.2 Å². The molecule has 5 heteroatoms. The van der Waals surface area contributed by atoms with Gasteiger partial charge in [0.05, 0.1) is 5.52 Å². The third-order valence-electron chi connectivity index (χ3n) is 4.16. The summed E-state index contributed by atoms with van der Waals surface area (Å²) in [6, 6.07) is 13.9. The highest BCUT2D eigenvalue weighted by Crippen LogP contribution is 2.37. The molecule has 26 heavy (non-hydrogen) atoms. The van der Waals surface area contributed by atoms with Crippen LogP contribution in [0.2, 0.25) is 0 Å². The van der Waals surface area contributed by atoms with Crippen LogP contribution in [0.25, 0.3) is 28.1 Å². The van der Waals surface area contributed by atoms with Crippen LogP contribution in [0.1, 0.15) is 12.5 Å². The number of carboxylic acid groups (broad SMARTS) is 1. The summed E-state index contributed by atoms with van der Waals surface area (Å²) in [5.74, 6) is -0.657. The van der Waals surface area contributed by atoms with Crippen molar-refractivity contribution in [3.63, 3.8) is 0 Å². The number of carbonyl (C=O) groups is 1. The molecule has 132 valence electrons. The van der Waals surface area contributed by atoms with Gasteiger partial charge in [-0.2, -0.15) is 0 Å². The van der Waals surface area contributed by atoms with E-state index in [2.05, 4.69) is 0 Å². The van der Waals surface area contributed by atoms with Gasteiger partial charge in [-0.1, -0.05) is 30.3 Å². The lowest BCUT2D eigenvalue weighted by molar-refractivity contribution is -0.132. The topological polar surface area (TPSA) is 53.4 Å². The number of aliphatic carboxylic acids is 1. The van der Waals surface area contributed by atoms with Crippen molar-refractivity contribution in [3.8, 4) is 11.1 Å². The van der Waals surface area contributed by atoms with Crippen molar-refractivity contribution in [1.82, 2.24) is 4.98 Å². The lowest BCUT2D eigenvalue weighted by Gasteiger charge is -2.20. The minimum absolute atomic E-state index is 0.202. The molecule has 4 nitrogen and oxygen atoms in total. The van der Waals surface area contributed by atoms with Crippen molar-refractivity contribution >= 4 is 28.8 Å². The van der Waals surface area contributed by atoms with E-state index in [1.54, 1.807) is 25.1 Å². The zero-order valence-corrected chi connectivity index (χ0v) is 14.8. The van der Waals surface area contributed by atoms with Gasteiger partial charge >= 0.3 is 5.97 Å². The third-order valence-corrected chi connectivity index (χ3v) is 4.16. The average Bonchev–Trinajstić information content (AvgIpc) is 2.61. The first-order valence-electron chi connectivity index (χ1n) is 8.16.